The molecular weight excluding hydrogens is 190 g/mol. The summed E-state index contributed by atoms with van der Waals surface area (Å²) >= 11 is 1.42. The van der Waals surface area contributed by atoms with Crippen LogP contribution in [0.1, 0.15) is 0 Å². The highest BCUT2D eigenvalue weighted by Crippen LogP contribution is 2.18. The second kappa shape index (κ2) is 5.04. The van der Waals surface area contributed by atoms with Gasteiger partial charge in [0.2, 0.25) is 0 Å². The van der Waals surface area contributed by atoms with Gasteiger partial charge in [-0.25, -0.2) is 4.79 Å². The highest BCUT2D eigenvalue weighted by atomic mass is 32.2. The average molecular weight is 203 g/mol. The molecule has 0 bridgehead atoms. The van der Waals surface area contributed by atoms with Crippen molar-refractivity contribution in [3.8, 4) is 0 Å². The second-order valence-corrected chi connectivity index (χ2v) is 3.56. The number of hydrogen-bond acceptors (Lipinski definition) is 4. The Hall–Kier alpha value is -0.810. The molecule has 0 saturated carbocycles. The summed E-state index contributed by atoms with van der Waals surface area (Å²) in [6.45, 7) is 3.46. The Kier molecular flexibility index (Phi) is 4.72. The molecule has 0 rings (SSSR count). The number of carboxylic acids is 1. The fourth-order valence-corrected chi connectivity index (χ4v) is 1.65. The summed E-state index contributed by atoms with van der Waals surface area (Å²) < 4.78 is 0. The van der Waals surface area contributed by atoms with Crippen LogP contribution in [-0.2, 0) is 9.59 Å². The minimum Gasteiger partial charge on any atom is -0.480 e. The van der Waals surface area contributed by atoms with Crippen LogP contribution in [0.5, 0.6) is 0 Å². The van der Waals surface area contributed by atoms with E-state index in [1.165, 1.54) is 17.8 Å². The molecule has 0 radical (unpaired) electrons. The molecule has 0 heterocycles. The van der Waals surface area contributed by atoms with Gasteiger partial charge in [-0.2, -0.15) is 11.8 Å². The first kappa shape index (κ1) is 12.2. The van der Waals surface area contributed by atoms with Crippen LogP contribution in [0, 0.1) is 5.92 Å². The van der Waals surface area contributed by atoms with Crippen molar-refractivity contribution < 1.29 is 14.7 Å². The van der Waals surface area contributed by atoms with Crippen LogP contribution in [0.25, 0.3) is 0 Å². The molecule has 0 aliphatic heterocycles. The van der Waals surface area contributed by atoms with E-state index in [0.29, 0.717) is 5.75 Å². The molecule has 2 atom stereocenters. The SMILES string of the molecule is C=CC(CSC)C(N)(C=O)C(=O)O. The molecule has 0 fully saturated rings. The molecule has 0 aromatic carbocycles. The molecule has 13 heavy (non-hydrogen) atoms. The molecule has 0 aromatic heterocycles. The van der Waals surface area contributed by atoms with Crippen LogP contribution < -0.4 is 5.73 Å². The molecule has 3 N–H and O–H groups in total. The summed E-state index contributed by atoms with van der Waals surface area (Å²) in [5, 5.41) is 8.75. The number of carbonyl (C=O) groups excluding carboxylic acids is 1. The third kappa shape index (κ3) is 2.57. The number of aliphatic carboxylic acids is 1. The summed E-state index contributed by atoms with van der Waals surface area (Å²) in [5.74, 6) is -1.40. The Morgan fingerprint density at radius 2 is 2.38 bits per heavy atom. The quantitative estimate of drug-likeness (QED) is 0.364. The van der Waals surface area contributed by atoms with Crippen molar-refractivity contribution in [1.29, 1.82) is 0 Å². The molecule has 0 amide bonds. The van der Waals surface area contributed by atoms with Crippen LogP contribution in [0.4, 0.5) is 0 Å². The standard InChI is InChI=1S/C8H13NO3S/c1-3-6(4-13-2)8(9,5-10)7(11)12/h3,5-6H,1,4,9H2,2H3,(H,11,12). The number of nitrogens with two attached hydrogens (primary N) is 1. The molecule has 0 spiro atoms. The molecule has 0 saturated heterocycles. The minimum absolute atomic E-state index is 0.262. The van der Waals surface area contributed by atoms with Gasteiger partial charge in [0.05, 0.1) is 0 Å². The predicted molar refractivity (Wildman–Crippen MR) is 52.7 cm³/mol. The van der Waals surface area contributed by atoms with E-state index in [-0.39, 0.29) is 6.29 Å². The Balaban J connectivity index is 4.79. The summed E-state index contributed by atoms with van der Waals surface area (Å²) in [7, 11) is 0. The van der Waals surface area contributed by atoms with Crippen LogP contribution in [0.3, 0.4) is 0 Å². The van der Waals surface area contributed by atoms with Crippen molar-refractivity contribution in [1.82, 2.24) is 0 Å². The number of aldehydes is 1. The summed E-state index contributed by atoms with van der Waals surface area (Å²) in [6.07, 6.45) is 3.47. The number of thioether (sulfide) groups is 1. The van der Waals surface area contributed by atoms with E-state index < -0.39 is 17.4 Å². The van der Waals surface area contributed by atoms with Gasteiger partial charge in [-0.15, -0.1) is 6.58 Å². The average Bonchev–Trinajstić information content (AvgIpc) is 2.12. The largest absolute Gasteiger partial charge is 0.480 e. The monoisotopic (exact) mass is 203 g/mol. The van der Waals surface area contributed by atoms with Gasteiger partial charge in [0.1, 0.15) is 0 Å². The Labute approximate surface area is 81.2 Å². The molecule has 5 heteroatoms. The fraction of sp³-hybridized carbons (Fsp3) is 0.500. The maximum Gasteiger partial charge on any atom is 0.331 e. The van der Waals surface area contributed by atoms with E-state index in [1.54, 1.807) is 0 Å². The topological polar surface area (TPSA) is 80.4 Å². The lowest BCUT2D eigenvalue weighted by atomic mass is 9.87. The van der Waals surface area contributed by atoms with Crippen LogP contribution in [-0.4, -0.2) is 34.9 Å². The smallest absolute Gasteiger partial charge is 0.331 e. The lowest BCUT2D eigenvalue weighted by Gasteiger charge is -2.25. The number of rotatable bonds is 6. The van der Waals surface area contributed by atoms with Crippen LogP contribution in [0.2, 0.25) is 0 Å². The number of carboxylic acid groups (broad SMARTS) is 1. The molecule has 0 aliphatic rings. The van der Waals surface area contributed by atoms with E-state index in [0.717, 1.165) is 0 Å². The normalized spacial score (nSPS) is 17.1. The van der Waals surface area contributed by atoms with Crippen molar-refractivity contribution >= 4 is 24.0 Å². The highest BCUT2D eigenvalue weighted by molar-refractivity contribution is 7.98. The van der Waals surface area contributed by atoms with E-state index in [9.17, 15) is 9.59 Å². The maximum atomic E-state index is 10.7. The van der Waals surface area contributed by atoms with Crippen molar-refractivity contribution in [3.05, 3.63) is 12.7 Å². The molecule has 4 nitrogen and oxygen atoms in total. The van der Waals surface area contributed by atoms with E-state index in [2.05, 4.69) is 6.58 Å². The van der Waals surface area contributed by atoms with Gasteiger partial charge in [0, 0.05) is 11.7 Å². The Morgan fingerprint density at radius 3 is 2.62 bits per heavy atom. The second-order valence-electron chi connectivity index (χ2n) is 2.65. The van der Waals surface area contributed by atoms with Crippen molar-refractivity contribution in [2.75, 3.05) is 12.0 Å². The number of carbonyl (C=O) groups is 2. The zero-order chi connectivity index (χ0) is 10.5. The van der Waals surface area contributed by atoms with Gasteiger partial charge in [0.15, 0.2) is 11.8 Å². The molecule has 74 valence electrons. The van der Waals surface area contributed by atoms with Gasteiger partial charge in [-0.3, -0.25) is 0 Å². The molecule has 2 unspecified atom stereocenters. The molecule has 0 aromatic rings. The van der Waals surface area contributed by atoms with Crippen molar-refractivity contribution in [2.24, 2.45) is 11.7 Å². The minimum atomic E-state index is -1.84. The van der Waals surface area contributed by atoms with Gasteiger partial charge >= 0.3 is 5.97 Å². The number of hydrogen-bond donors (Lipinski definition) is 2. The predicted octanol–water partition coefficient (Wildman–Crippen LogP) is 0.133. The first-order chi connectivity index (χ1) is 6.02. The third-order valence-corrected chi connectivity index (χ3v) is 2.50. The summed E-state index contributed by atoms with van der Waals surface area (Å²) in [4.78, 5) is 21.3. The van der Waals surface area contributed by atoms with Gasteiger partial charge < -0.3 is 15.6 Å². The van der Waals surface area contributed by atoms with Gasteiger partial charge in [0.25, 0.3) is 0 Å². The zero-order valence-corrected chi connectivity index (χ0v) is 8.21. The van der Waals surface area contributed by atoms with Gasteiger partial charge in [-0.1, -0.05) is 6.08 Å². The maximum absolute atomic E-state index is 10.7. The third-order valence-electron chi connectivity index (χ3n) is 1.81. The van der Waals surface area contributed by atoms with Gasteiger partial charge in [-0.05, 0) is 6.26 Å². The fourth-order valence-electron chi connectivity index (χ4n) is 0.877. The summed E-state index contributed by atoms with van der Waals surface area (Å²) in [5.41, 5.74) is 3.59. The van der Waals surface area contributed by atoms with Crippen LogP contribution in [0.15, 0.2) is 12.7 Å². The molecule has 0 aliphatic carbocycles. The van der Waals surface area contributed by atoms with E-state index in [1.807, 2.05) is 6.26 Å². The van der Waals surface area contributed by atoms with Crippen molar-refractivity contribution in [3.63, 3.8) is 0 Å². The molecular formula is C8H13NO3S. The van der Waals surface area contributed by atoms with E-state index >= 15 is 0 Å². The first-order valence-electron chi connectivity index (χ1n) is 3.63. The lowest BCUT2D eigenvalue weighted by molar-refractivity contribution is -0.146. The zero-order valence-electron chi connectivity index (χ0n) is 7.40. The lowest BCUT2D eigenvalue weighted by Crippen LogP contribution is -2.55. The highest BCUT2D eigenvalue weighted by Gasteiger charge is 2.40. The Morgan fingerprint density at radius 1 is 1.85 bits per heavy atom. The van der Waals surface area contributed by atoms with E-state index in [4.69, 9.17) is 10.8 Å². The van der Waals surface area contributed by atoms with Crippen LogP contribution >= 0.6 is 11.8 Å². The Bertz CT molecular complexity index is 219. The summed E-state index contributed by atoms with van der Waals surface area (Å²) in [6, 6.07) is 0. The van der Waals surface area contributed by atoms with Crippen molar-refractivity contribution in [2.45, 2.75) is 5.54 Å². The first-order valence-corrected chi connectivity index (χ1v) is 5.02.